The lowest BCUT2D eigenvalue weighted by molar-refractivity contribution is 0.626. The van der Waals surface area contributed by atoms with Crippen molar-refractivity contribution in [2.45, 2.75) is 20.0 Å². The van der Waals surface area contributed by atoms with E-state index in [0.29, 0.717) is 29.0 Å². The molecule has 0 aliphatic heterocycles. The third-order valence-electron chi connectivity index (χ3n) is 3.41. The highest BCUT2D eigenvalue weighted by molar-refractivity contribution is 9.10. The summed E-state index contributed by atoms with van der Waals surface area (Å²) >= 11 is 3.31. The second kappa shape index (κ2) is 5.53. The van der Waals surface area contributed by atoms with Crippen LogP contribution in [-0.4, -0.2) is 19.1 Å². The molecule has 0 fully saturated rings. The normalized spacial score (nSPS) is 11.2. The minimum absolute atomic E-state index is 0.303. The molecule has 114 valence electrons. The highest BCUT2D eigenvalue weighted by Crippen LogP contribution is 2.18. The molecule has 0 saturated heterocycles. The third kappa shape index (κ3) is 2.39. The number of imidazole rings is 1. The zero-order valence-corrected chi connectivity index (χ0v) is 13.2. The van der Waals surface area contributed by atoms with Crippen LogP contribution >= 0.6 is 15.9 Å². The Labute approximate surface area is 132 Å². The average Bonchev–Trinajstić information content (AvgIpc) is 2.79. The van der Waals surface area contributed by atoms with Gasteiger partial charge in [0.05, 0.1) is 6.54 Å². The number of hydrogen-bond acceptors (Lipinski definition) is 3. The second-order valence-corrected chi connectivity index (χ2v) is 5.48. The van der Waals surface area contributed by atoms with E-state index in [-0.39, 0.29) is 5.82 Å². The fourth-order valence-corrected chi connectivity index (χ4v) is 2.83. The molecule has 8 heteroatoms. The Bertz CT molecular complexity index is 956. The van der Waals surface area contributed by atoms with Crippen molar-refractivity contribution in [1.29, 1.82) is 0 Å². The van der Waals surface area contributed by atoms with Gasteiger partial charge in [-0.1, -0.05) is 12.1 Å². The Hall–Kier alpha value is -2.22. The maximum Gasteiger partial charge on any atom is 0.330 e. The van der Waals surface area contributed by atoms with Crippen molar-refractivity contribution in [3.05, 3.63) is 61.2 Å². The van der Waals surface area contributed by atoms with Gasteiger partial charge < -0.3 is 4.57 Å². The van der Waals surface area contributed by atoms with Gasteiger partial charge in [0.15, 0.2) is 15.9 Å². The number of nitrogens with zero attached hydrogens (tertiary/aromatic N) is 3. The highest BCUT2D eigenvalue weighted by Gasteiger charge is 2.16. The van der Waals surface area contributed by atoms with Crippen molar-refractivity contribution >= 4 is 27.1 Å². The predicted octanol–water partition coefficient (Wildman–Crippen LogP) is 1.86. The van der Waals surface area contributed by atoms with E-state index in [0.717, 1.165) is 5.56 Å². The summed E-state index contributed by atoms with van der Waals surface area (Å²) in [7, 11) is 0. The lowest BCUT2D eigenvalue weighted by Crippen LogP contribution is -2.30. The number of halogens is 2. The Morgan fingerprint density at radius 1 is 1.23 bits per heavy atom. The molecule has 1 aromatic carbocycles. The monoisotopic (exact) mass is 366 g/mol. The van der Waals surface area contributed by atoms with Crippen LogP contribution in [0.15, 0.2) is 38.6 Å². The van der Waals surface area contributed by atoms with E-state index in [4.69, 9.17) is 0 Å². The molecule has 0 amide bonds. The van der Waals surface area contributed by atoms with Crippen LogP contribution in [0.4, 0.5) is 4.39 Å². The molecule has 0 bridgehead atoms. The van der Waals surface area contributed by atoms with Gasteiger partial charge in [-0.2, -0.15) is 0 Å². The van der Waals surface area contributed by atoms with Crippen LogP contribution in [-0.2, 0) is 13.1 Å². The van der Waals surface area contributed by atoms with Gasteiger partial charge in [0, 0.05) is 6.54 Å². The smallest absolute Gasteiger partial charge is 0.308 e. The summed E-state index contributed by atoms with van der Waals surface area (Å²) in [5, 5.41) is 0. The molecule has 22 heavy (non-hydrogen) atoms. The minimum atomic E-state index is -0.495. The van der Waals surface area contributed by atoms with Gasteiger partial charge >= 0.3 is 5.69 Å². The van der Waals surface area contributed by atoms with Crippen molar-refractivity contribution in [1.82, 2.24) is 19.1 Å². The summed E-state index contributed by atoms with van der Waals surface area (Å²) in [4.78, 5) is 30.5. The van der Waals surface area contributed by atoms with Crippen LogP contribution in [0.25, 0.3) is 11.2 Å². The number of aromatic amines is 1. The number of H-pyrrole nitrogens is 1. The largest absolute Gasteiger partial charge is 0.330 e. The lowest BCUT2D eigenvalue weighted by atomic mass is 10.2. The zero-order valence-electron chi connectivity index (χ0n) is 11.6. The van der Waals surface area contributed by atoms with Gasteiger partial charge in [-0.25, -0.2) is 14.2 Å². The van der Waals surface area contributed by atoms with Crippen molar-refractivity contribution in [2.75, 3.05) is 0 Å². The first-order chi connectivity index (χ1) is 10.5. The first-order valence-corrected chi connectivity index (χ1v) is 7.44. The molecule has 2 aromatic heterocycles. The predicted molar refractivity (Wildman–Crippen MR) is 83.5 cm³/mol. The molecule has 6 nitrogen and oxygen atoms in total. The van der Waals surface area contributed by atoms with E-state index in [2.05, 4.69) is 25.9 Å². The van der Waals surface area contributed by atoms with Gasteiger partial charge in [0.25, 0.3) is 5.56 Å². The lowest BCUT2D eigenvalue weighted by Gasteiger charge is -2.06. The first kappa shape index (κ1) is 14.7. The SMILES string of the molecule is CCn1c(=O)[nH]c(=O)c2c1nc(Br)n2Cc1ccc(F)cc1. The molecule has 1 N–H and O–H groups in total. The summed E-state index contributed by atoms with van der Waals surface area (Å²) in [6.45, 7) is 2.53. The summed E-state index contributed by atoms with van der Waals surface area (Å²) < 4.78 is 16.5. The van der Waals surface area contributed by atoms with Gasteiger partial charge in [-0.15, -0.1) is 0 Å². The molecule has 3 rings (SSSR count). The Balaban J connectivity index is 2.22. The standard InChI is InChI=1S/C14H12BrFN4O2/c1-2-19-11-10(12(21)18-14(19)22)20(13(15)17-11)7-8-3-5-9(16)6-4-8/h3-6H,2,7H2,1H3,(H,18,21,22). The Kier molecular flexibility index (Phi) is 3.69. The minimum Gasteiger partial charge on any atom is -0.308 e. The van der Waals surface area contributed by atoms with E-state index in [1.54, 1.807) is 23.6 Å². The van der Waals surface area contributed by atoms with Crippen LogP contribution in [0, 0.1) is 5.82 Å². The average molecular weight is 367 g/mol. The molecule has 0 atom stereocenters. The first-order valence-electron chi connectivity index (χ1n) is 6.64. The van der Waals surface area contributed by atoms with Crippen LogP contribution in [0.3, 0.4) is 0 Å². The van der Waals surface area contributed by atoms with Crippen molar-refractivity contribution in [2.24, 2.45) is 0 Å². The molecule has 0 radical (unpaired) electrons. The van der Waals surface area contributed by atoms with Crippen LogP contribution in [0.2, 0.25) is 0 Å². The second-order valence-electron chi connectivity index (χ2n) is 4.77. The van der Waals surface area contributed by atoms with Gasteiger partial charge in [-0.3, -0.25) is 14.3 Å². The molecular weight excluding hydrogens is 355 g/mol. The maximum atomic E-state index is 13.0. The molecular formula is C14H12BrFN4O2. The van der Waals surface area contributed by atoms with Gasteiger partial charge in [0.1, 0.15) is 5.82 Å². The van der Waals surface area contributed by atoms with Gasteiger partial charge in [-0.05, 0) is 40.5 Å². The molecule has 0 aliphatic rings. The van der Waals surface area contributed by atoms with E-state index in [1.165, 1.54) is 16.7 Å². The number of nitrogens with one attached hydrogen (secondary N) is 1. The number of rotatable bonds is 3. The fourth-order valence-electron chi connectivity index (χ4n) is 2.36. The number of fused-ring (bicyclic) bond motifs is 1. The fraction of sp³-hybridized carbons (Fsp3) is 0.214. The third-order valence-corrected chi connectivity index (χ3v) is 4.01. The van der Waals surface area contributed by atoms with E-state index >= 15 is 0 Å². The van der Waals surface area contributed by atoms with Crippen LogP contribution < -0.4 is 11.2 Å². The molecule has 3 aromatic rings. The summed E-state index contributed by atoms with van der Waals surface area (Å²) in [6.07, 6.45) is 0. The van der Waals surface area contributed by atoms with E-state index in [9.17, 15) is 14.0 Å². The van der Waals surface area contributed by atoms with Crippen molar-refractivity contribution < 1.29 is 4.39 Å². The Morgan fingerprint density at radius 2 is 1.91 bits per heavy atom. The van der Waals surface area contributed by atoms with Crippen LogP contribution in [0.1, 0.15) is 12.5 Å². The zero-order chi connectivity index (χ0) is 15.9. The summed E-state index contributed by atoms with van der Waals surface area (Å²) in [5.74, 6) is -0.323. The number of aromatic nitrogens is 4. The van der Waals surface area contributed by atoms with E-state index in [1.807, 2.05) is 0 Å². The van der Waals surface area contributed by atoms with Crippen molar-refractivity contribution in [3.63, 3.8) is 0 Å². The molecule has 0 unspecified atom stereocenters. The molecule has 0 aliphatic carbocycles. The topological polar surface area (TPSA) is 72.7 Å². The molecule has 0 spiro atoms. The van der Waals surface area contributed by atoms with Crippen LogP contribution in [0.5, 0.6) is 0 Å². The number of benzene rings is 1. The number of hydrogen-bond donors (Lipinski definition) is 1. The molecule has 2 heterocycles. The van der Waals surface area contributed by atoms with Crippen molar-refractivity contribution in [3.8, 4) is 0 Å². The quantitative estimate of drug-likeness (QED) is 0.719. The van der Waals surface area contributed by atoms with Gasteiger partial charge in [0.2, 0.25) is 0 Å². The highest BCUT2D eigenvalue weighted by atomic mass is 79.9. The Morgan fingerprint density at radius 3 is 2.55 bits per heavy atom. The molecule has 0 saturated carbocycles. The summed E-state index contributed by atoms with van der Waals surface area (Å²) in [5.41, 5.74) is 0.460. The summed E-state index contributed by atoms with van der Waals surface area (Å²) in [6, 6.07) is 5.98. The number of aryl methyl sites for hydroxylation is 1. The van der Waals surface area contributed by atoms with E-state index < -0.39 is 11.2 Å². The maximum absolute atomic E-state index is 13.0.